The minimum Gasteiger partial charge on any atom is -0.385 e. The van der Waals surface area contributed by atoms with Gasteiger partial charge in [-0.1, -0.05) is 23.2 Å². The second kappa shape index (κ2) is 4.59. The monoisotopic (exact) mass is 259 g/mol. The van der Waals surface area contributed by atoms with Gasteiger partial charge in [-0.05, 0) is 25.1 Å². The second-order valence-electron chi connectivity index (χ2n) is 3.50. The number of fused-ring (bicyclic) bond motifs is 1. The van der Waals surface area contributed by atoms with Crippen LogP contribution in [0, 0.1) is 0 Å². The molecule has 6 heteroatoms. The topological polar surface area (TPSA) is 74.9 Å². The van der Waals surface area contributed by atoms with Gasteiger partial charge in [0.25, 0.3) is 0 Å². The molecule has 1 unspecified atom stereocenters. The standard InChI is InChI=1S/C10H11Cl2N3O/c11-5-3-7-8(4-6(5)12)15-10(14-7)9(16)1-2-13/h3-4,9,16H,1-2,13H2,(H,14,15). The number of hydrogen-bond donors (Lipinski definition) is 3. The third-order valence-electron chi connectivity index (χ3n) is 2.30. The highest BCUT2D eigenvalue weighted by molar-refractivity contribution is 6.42. The van der Waals surface area contributed by atoms with Crippen LogP contribution in [0.4, 0.5) is 0 Å². The number of rotatable bonds is 3. The van der Waals surface area contributed by atoms with Crippen LogP contribution in [0.25, 0.3) is 11.0 Å². The summed E-state index contributed by atoms with van der Waals surface area (Å²) >= 11 is 11.7. The first-order valence-electron chi connectivity index (χ1n) is 4.84. The number of nitrogens with zero attached hydrogens (tertiary/aromatic N) is 1. The highest BCUT2D eigenvalue weighted by Gasteiger charge is 2.12. The maximum atomic E-state index is 9.72. The van der Waals surface area contributed by atoms with Crippen LogP contribution in [0.1, 0.15) is 18.3 Å². The molecule has 2 aromatic rings. The van der Waals surface area contributed by atoms with Crippen molar-refractivity contribution >= 4 is 34.2 Å². The highest BCUT2D eigenvalue weighted by atomic mass is 35.5. The van der Waals surface area contributed by atoms with E-state index >= 15 is 0 Å². The van der Waals surface area contributed by atoms with Crippen molar-refractivity contribution in [1.29, 1.82) is 0 Å². The Kier molecular flexibility index (Phi) is 3.35. The molecule has 2 rings (SSSR count). The SMILES string of the molecule is NCCC(O)c1nc2cc(Cl)c(Cl)cc2[nH]1. The number of aliphatic hydroxyl groups excluding tert-OH is 1. The summed E-state index contributed by atoms with van der Waals surface area (Å²) in [7, 11) is 0. The summed E-state index contributed by atoms with van der Waals surface area (Å²) in [6.45, 7) is 0.403. The maximum absolute atomic E-state index is 9.72. The lowest BCUT2D eigenvalue weighted by atomic mass is 10.2. The zero-order valence-electron chi connectivity index (χ0n) is 8.37. The number of H-pyrrole nitrogens is 1. The van der Waals surface area contributed by atoms with Gasteiger partial charge in [0.2, 0.25) is 0 Å². The summed E-state index contributed by atoms with van der Waals surface area (Å²) in [4.78, 5) is 7.22. The fourth-order valence-electron chi connectivity index (χ4n) is 1.48. The lowest BCUT2D eigenvalue weighted by Gasteiger charge is -2.03. The molecule has 0 radical (unpaired) electrons. The molecule has 0 bridgehead atoms. The molecular weight excluding hydrogens is 249 g/mol. The summed E-state index contributed by atoms with van der Waals surface area (Å²) in [6.07, 6.45) is -0.226. The molecule has 1 aromatic carbocycles. The Morgan fingerprint density at radius 2 is 2.06 bits per heavy atom. The van der Waals surface area contributed by atoms with E-state index in [4.69, 9.17) is 28.9 Å². The maximum Gasteiger partial charge on any atom is 0.136 e. The molecule has 0 aliphatic rings. The van der Waals surface area contributed by atoms with Crippen molar-refractivity contribution in [3.8, 4) is 0 Å². The average molecular weight is 260 g/mol. The van der Waals surface area contributed by atoms with E-state index in [1.165, 1.54) is 0 Å². The zero-order chi connectivity index (χ0) is 11.7. The Bertz CT molecular complexity index is 473. The molecule has 86 valence electrons. The fourth-order valence-corrected chi connectivity index (χ4v) is 1.80. The number of benzene rings is 1. The van der Waals surface area contributed by atoms with Crippen molar-refractivity contribution in [3.05, 3.63) is 28.0 Å². The van der Waals surface area contributed by atoms with E-state index in [-0.39, 0.29) is 0 Å². The van der Waals surface area contributed by atoms with Gasteiger partial charge >= 0.3 is 0 Å². The van der Waals surface area contributed by atoms with Crippen LogP contribution < -0.4 is 5.73 Å². The zero-order valence-corrected chi connectivity index (χ0v) is 9.89. The molecule has 0 saturated carbocycles. The largest absolute Gasteiger partial charge is 0.385 e. The number of aromatic nitrogens is 2. The van der Waals surface area contributed by atoms with Crippen LogP contribution in [0.5, 0.6) is 0 Å². The predicted molar refractivity (Wildman–Crippen MR) is 64.7 cm³/mol. The van der Waals surface area contributed by atoms with Gasteiger partial charge in [0.1, 0.15) is 11.9 Å². The molecule has 1 heterocycles. The van der Waals surface area contributed by atoms with Gasteiger partial charge in [-0.3, -0.25) is 0 Å². The van der Waals surface area contributed by atoms with Crippen LogP contribution in [0.15, 0.2) is 12.1 Å². The van der Waals surface area contributed by atoms with E-state index in [0.29, 0.717) is 34.4 Å². The number of imidazole rings is 1. The van der Waals surface area contributed by atoms with Crippen molar-refractivity contribution in [1.82, 2.24) is 9.97 Å². The average Bonchev–Trinajstić information content (AvgIpc) is 2.62. The van der Waals surface area contributed by atoms with Crippen LogP contribution in [0.3, 0.4) is 0 Å². The lowest BCUT2D eigenvalue weighted by molar-refractivity contribution is 0.162. The first kappa shape index (κ1) is 11.7. The fraction of sp³-hybridized carbons (Fsp3) is 0.300. The Balaban J connectivity index is 2.43. The second-order valence-corrected chi connectivity index (χ2v) is 4.31. The minimum absolute atomic E-state index is 0.403. The van der Waals surface area contributed by atoms with Gasteiger partial charge in [-0.2, -0.15) is 0 Å². The summed E-state index contributed by atoms with van der Waals surface area (Å²) in [5.41, 5.74) is 6.80. The first-order chi connectivity index (χ1) is 7.61. The van der Waals surface area contributed by atoms with Crippen molar-refractivity contribution < 1.29 is 5.11 Å². The van der Waals surface area contributed by atoms with Crippen molar-refractivity contribution in [2.45, 2.75) is 12.5 Å². The van der Waals surface area contributed by atoms with E-state index in [1.54, 1.807) is 12.1 Å². The van der Waals surface area contributed by atoms with Crippen molar-refractivity contribution in [2.75, 3.05) is 6.54 Å². The Labute approximate surface area is 102 Å². The molecule has 1 atom stereocenters. The summed E-state index contributed by atoms with van der Waals surface area (Å²) < 4.78 is 0. The summed E-state index contributed by atoms with van der Waals surface area (Å²) in [5, 5.41) is 10.6. The molecule has 16 heavy (non-hydrogen) atoms. The summed E-state index contributed by atoms with van der Waals surface area (Å²) in [6, 6.07) is 3.35. The van der Waals surface area contributed by atoms with Crippen LogP contribution in [0.2, 0.25) is 10.0 Å². The molecule has 0 amide bonds. The molecule has 0 fully saturated rings. The Morgan fingerprint density at radius 1 is 1.38 bits per heavy atom. The number of aromatic amines is 1. The lowest BCUT2D eigenvalue weighted by Crippen LogP contribution is -2.07. The van der Waals surface area contributed by atoms with Gasteiger partial charge < -0.3 is 15.8 Å². The minimum atomic E-state index is -0.685. The van der Waals surface area contributed by atoms with E-state index in [9.17, 15) is 5.11 Å². The third-order valence-corrected chi connectivity index (χ3v) is 3.02. The molecule has 4 N–H and O–H groups in total. The van der Waals surface area contributed by atoms with E-state index in [0.717, 1.165) is 5.52 Å². The number of aliphatic hydroxyl groups is 1. The number of hydrogen-bond acceptors (Lipinski definition) is 3. The Morgan fingerprint density at radius 3 is 2.75 bits per heavy atom. The van der Waals surface area contributed by atoms with Crippen LogP contribution in [-0.4, -0.2) is 21.6 Å². The first-order valence-corrected chi connectivity index (χ1v) is 5.60. The number of nitrogens with one attached hydrogen (secondary N) is 1. The van der Waals surface area contributed by atoms with E-state index in [2.05, 4.69) is 9.97 Å². The molecule has 1 aromatic heterocycles. The van der Waals surface area contributed by atoms with Gasteiger partial charge in [-0.25, -0.2) is 4.98 Å². The smallest absolute Gasteiger partial charge is 0.136 e. The summed E-state index contributed by atoms with van der Waals surface area (Å²) in [5.74, 6) is 0.485. The third kappa shape index (κ3) is 2.15. The van der Waals surface area contributed by atoms with Crippen molar-refractivity contribution in [2.24, 2.45) is 5.73 Å². The molecular formula is C10H11Cl2N3O. The molecule has 0 spiro atoms. The van der Waals surface area contributed by atoms with Crippen LogP contribution >= 0.6 is 23.2 Å². The van der Waals surface area contributed by atoms with Crippen LogP contribution in [-0.2, 0) is 0 Å². The molecule has 0 aliphatic heterocycles. The highest BCUT2D eigenvalue weighted by Crippen LogP contribution is 2.27. The van der Waals surface area contributed by atoms with E-state index < -0.39 is 6.10 Å². The van der Waals surface area contributed by atoms with Gasteiger partial charge in [0.15, 0.2) is 0 Å². The number of halogens is 2. The van der Waals surface area contributed by atoms with Crippen molar-refractivity contribution in [3.63, 3.8) is 0 Å². The normalized spacial score (nSPS) is 13.2. The quantitative estimate of drug-likeness (QED) is 0.792. The van der Waals surface area contributed by atoms with E-state index in [1.807, 2.05) is 0 Å². The molecule has 0 aliphatic carbocycles. The van der Waals surface area contributed by atoms with Gasteiger partial charge in [0, 0.05) is 0 Å². The predicted octanol–water partition coefficient (Wildman–Crippen LogP) is 2.25. The van der Waals surface area contributed by atoms with Gasteiger partial charge in [-0.15, -0.1) is 0 Å². The van der Waals surface area contributed by atoms with Gasteiger partial charge in [0.05, 0.1) is 21.1 Å². The Hall–Kier alpha value is -0.810. The number of nitrogens with two attached hydrogens (primary N) is 1. The molecule has 0 saturated heterocycles. The molecule has 4 nitrogen and oxygen atoms in total.